The molecule has 0 bridgehead atoms. The van der Waals surface area contributed by atoms with Gasteiger partial charge in [0.05, 0.1) is 5.41 Å². The van der Waals surface area contributed by atoms with Gasteiger partial charge in [0.2, 0.25) is 0 Å². The molecular formula is C12H20O2. The molecule has 0 aliphatic heterocycles. The summed E-state index contributed by atoms with van der Waals surface area (Å²) in [5, 5.41) is 0. The molecule has 0 amide bonds. The van der Waals surface area contributed by atoms with Crippen molar-refractivity contribution in [3.63, 3.8) is 0 Å². The summed E-state index contributed by atoms with van der Waals surface area (Å²) in [5.74, 6) is 0.519. The molecule has 1 saturated carbocycles. The Kier molecular flexibility index (Phi) is 3.46. The smallest absolute Gasteiger partial charge is 0.149 e. The highest BCUT2D eigenvalue weighted by Crippen LogP contribution is 2.39. The number of rotatable bonds is 3. The number of Topliss-reactive ketones (excluding diaryl/α,β-unsaturated/α-hetero) is 2. The average molecular weight is 196 g/mol. The summed E-state index contributed by atoms with van der Waals surface area (Å²) in [7, 11) is 0. The molecule has 2 heteroatoms. The Labute approximate surface area is 86.1 Å². The Morgan fingerprint density at radius 3 is 2.21 bits per heavy atom. The summed E-state index contributed by atoms with van der Waals surface area (Å²) in [6.45, 7) is 5.95. The molecule has 0 aromatic heterocycles. The molecule has 1 unspecified atom stereocenters. The minimum absolute atomic E-state index is 0.132. The third-order valence-corrected chi connectivity index (χ3v) is 3.80. The molecule has 0 radical (unpaired) electrons. The van der Waals surface area contributed by atoms with E-state index < -0.39 is 5.41 Å². The lowest BCUT2D eigenvalue weighted by molar-refractivity contribution is -0.148. The predicted molar refractivity (Wildman–Crippen MR) is 56.0 cm³/mol. The Morgan fingerprint density at radius 1 is 1.21 bits per heavy atom. The Morgan fingerprint density at radius 2 is 1.79 bits per heavy atom. The van der Waals surface area contributed by atoms with E-state index >= 15 is 0 Å². The van der Waals surface area contributed by atoms with Gasteiger partial charge in [0.1, 0.15) is 11.6 Å². The van der Waals surface area contributed by atoms with Crippen molar-refractivity contribution in [2.24, 2.45) is 11.3 Å². The molecular weight excluding hydrogens is 176 g/mol. The van der Waals surface area contributed by atoms with Crippen LogP contribution in [-0.4, -0.2) is 11.6 Å². The van der Waals surface area contributed by atoms with E-state index in [-0.39, 0.29) is 17.5 Å². The van der Waals surface area contributed by atoms with Gasteiger partial charge < -0.3 is 0 Å². The van der Waals surface area contributed by atoms with E-state index in [1.54, 1.807) is 0 Å². The van der Waals surface area contributed by atoms with Crippen molar-refractivity contribution in [3.8, 4) is 0 Å². The molecule has 14 heavy (non-hydrogen) atoms. The normalized spacial score (nSPS) is 26.6. The lowest BCUT2D eigenvalue weighted by Gasteiger charge is -2.36. The van der Waals surface area contributed by atoms with E-state index in [1.165, 1.54) is 0 Å². The maximum atomic E-state index is 12.1. The minimum atomic E-state index is -0.626. The SMILES string of the molecule is CCC1CCC(=O)C(CC)(CC)C1=O. The maximum Gasteiger partial charge on any atom is 0.149 e. The first-order valence-corrected chi connectivity index (χ1v) is 5.70. The summed E-state index contributed by atoms with van der Waals surface area (Å²) in [4.78, 5) is 24.0. The minimum Gasteiger partial charge on any atom is -0.299 e. The van der Waals surface area contributed by atoms with Crippen LogP contribution in [0.15, 0.2) is 0 Å². The standard InChI is InChI=1S/C12H20O2/c1-4-9-7-8-10(13)12(5-2,6-3)11(9)14/h9H,4-8H2,1-3H3. The van der Waals surface area contributed by atoms with Crippen LogP contribution < -0.4 is 0 Å². The topological polar surface area (TPSA) is 34.1 Å². The first-order chi connectivity index (χ1) is 6.62. The largest absolute Gasteiger partial charge is 0.299 e. The summed E-state index contributed by atoms with van der Waals surface area (Å²) >= 11 is 0. The van der Waals surface area contributed by atoms with E-state index in [0.717, 1.165) is 12.8 Å². The molecule has 0 aromatic carbocycles. The van der Waals surface area contributed by atoms with Gasteiger partial charge in [0, 0.05) is 12.3 Å². The van der Waals surface area contributed by atoms with Crippen LogP contribution in [0.4, 0.5) is 0 Å². The molecule has 1 aliphatic carbocycles. The van der Waals surface area contributed by atoms with Crippen LogP contribution in [0, 0.1) is 11.3 Å². The highest BCUT2D eigenvalue weighted by Gasteiger charge is 2.47. The summed E-state index contributed by atoms with van der Waals surface area (Å²) < 4.78 is 0. The third-order valence-electron chi connectivity index (χ3n) is 3.80. The van der Waals surface area contributed by atoms with Gasteiger partial charge in [-0.15, -0.1) is 0 Å². The fourth-order valence-corrected chi connectivity index (χ4v) is 2.59. The molecule has 0 aromatic rings. The van der Waals surface area contributed by atoms with Crippen molar-refractivity contribution in [1.29, 1.82) is 0 Å². The van der Waals surface area contributed by atoms with E-state index in [0.29, 0.717) is 19.3 Å². The average Bonchev–Trinajstić information content (AvgIpc) is 2.20. The van der Waals surface area contributed by atoms with Crippen molar-refractivity contribution in [2.75, 3.05) is 0 Å². The van der Waals surface area contributed by atoms with E-state index in [1.807, 2.05) is 20.8 Å². The van der Waals surface area contributed by atoms with Gasteiger partial charge in [-0.3, -0.25) is 9.59 Å². The number of carbonyl (C=O) groups excluding carboxylic acids is 2. The monoisotopic (exact) mass is 196 g/mol. The van der Waals surface area contributed by atoms with Crippen molar-refractivity contribution < 1.29 is 9.59 Å². The van der Waals surface area contributed by atoms with Crippen molar-refractivity contribution >= 4 is 11.6 Å². The molecule has 0 heterocycles. The molecule has 1 rings (SSSR count). The predicted octanol–water partition coefficient (Wildman–Crippen LogP) is 2.75. The van der Waals surface area contributed by atoms with Crippen LogP contribution in [-0.2, 0) is 9.59 Å². The second-order valence-corrected chi connectivity index (χ2v) is 4.22. The second kappa shape index (κ2) is 4.24. The van der Waals surface area contributed by atoms with Crippen molar-refractivity contribution in [1.82, 2.24) is 0 Å². The van der Waals surface area contributed by atoms with Gasteiger partial charge >= 0.3 is 0 Å². The summed E-state index contributed by atoms with van der Waals surface area (Å²) in [6, 6.07) is 0. The fraction of sp³-hybridized carbons (Fsp3) is 0.833. The number of hydrogen-bond donors (Lipinski definition) is 0. The van der Waals surface area contributed by atoms with E-state index in [9.17, 15) is 9.59 Å². The molecule has 1 aliphatic rings. The van der Waals surface area contributed by atoms with E-state index in [2.05, 4.69) is 0 Å². The van der Waals surface area contributed by atoms with Gasteiger partial charge in [-0.1, -0.05) is 20.8 Å². The first kappa shape index (κ1) is 11.4. The number of ketones is 2. The van der Waals surface area contributed by atoms with Crippen LogP contribution in [0.25, 0.3) is 0 Å². The third kappa shape index (κ3) is 1.51. The van der Waals surface area contributed by atoms with E-state index in [4.69, 9.17) is 0 Å². The first-order valence-electron chi connectivity index (χ1n) is 5.70. The molecule has 0 saturated heterocycles. The quantitative estimate of drug-likeness (QED) is 0.650. The second-order valence-electron chi connectivity index (χ2n) is 4.22. The number of carbonyl (C=O) groups is 2. The van der Waals surface area contributed by atoms with Gasteiger partial charge in [-0.05, 0) is 25.7 Å². The summed E-state index contributed by atoms with van der Waals surface area (Å²) in [6.07, 6.45) is 3.62. The van der Waals surface area contributed by atoms with Gasteiger partial charge in [0.15, 0.2) is 0 Å². The van der Waals surface area contributed by atoms with Crippen LogP contribution in [0.3, 0.4) is 0 Å². The lowest BCUT2D eigenvalue weighted by Crippen LogP contribution is -2.45. The van der Waals surface area contributed by atoms with Gasteiger partial charge in [0.25, 0.3) is 0 Å². The van der Waals surface area contributed by atoms with Crippen molar-refractivity contribution in [2.45, 2.75) is 52.9 Å². The fourth-order valence-electron chi connectivity index (χ4n) is 2.59. The van der Waals surface area contributed by atoms with Crippen LogP contribution >= 0.6 is 0 Å². The lowest BCUT2D eigenvalue weighted by atomic mass is 9.64. The number of hydrogen-bond acceptors (Lipinski definition) is 2. The van der Waals surface area contributed by atoms with Crippen LogP contribution in [0.1, 0.15) is 52.9 Å². The molecule has 1 atom stereocenters. The highest BCUT2D eigenvalue weighted by molar-refractivity contribution is 6.09. The molecule has 80 valence electrons. The zero-order valence-corrected chi connectivity index (χ0v) is 9.43. The van der Waals surface area contributed by atoms with Crippen LogP contribution in [0.5, 0.6) is 0 Å². The zero-order valence-electron chi connectivity index (χ0n) is 9.43. The molecule has 1 fully saturated rings. The van der Waals surface area contributed by atoms with Crippen LogP contribution in [0.2, 0.25) is 0 Å². The van der Waals surface area contributed by atoms with Gasteiger partial charge in [-0.2, -0.15) is 0 Å². The van der Waals surface area contributed by atoms with Gasteiger partial charge in [-0.25, -0.2) is 0 Å². The Bertz CT molecular complexity index is 239. The molecule has 0 N–H and O–H groups in total. The maximum absolute atomic E-state index is 12.1. The molecule has 0 spiro atoms. The highest BCUT2D eigenvalue weighted by atomic mass is 16.2. The van der Waals surface area contributed by atoms with Crippen molar-refractivity contribution in [3.05, 3.63) is 0 Å². The molecule has 2 nitrogen and oxygen atoms in total. The Hall–Kier alpha value is -0.660. The Balaban J connectivity index is 2.98. The summed E-state index contributed by atoms with van der Waals surface area (Å²) in [5.41, 5.74) is -0.626. The zero-order chi connectivity index (χ0) is 10.8.